The van der Waals surface area contributed by atoms with Gasteiger partial charge in [0.2, 0.25) is 0 Å². The Morgan fingerprint density at radius 1 is 1.29 bits per heavy atom. The van der Waals surface area contributed by atoms with Crippen LogP contribution in [0.4, 0.5) is 5.69 Å². The van der Waals surface area contributed by atoms with Crippen LogP contribution in [0.3, 0.4) is 0 Å². The molecule has 1 aromatic rings. The highest BCUT2D eigenvalue weighted by molar-refractivity contribution is 6.33. The van der Waals surface area contributed by atoms with Crippen molar-refractivity contribution in [3.05, 3.63) is 28.8 Å². The summed E-state index contributed by atoms with van der Waals surface area (Å²) >= 11 is 6.45. The van der Waals surface area contributed by atoms with Crippen LogP contribution in [0.2, 0.25) is 5.02 Å². The summed E-state index contributed by atoms with van der Waals surface area (Å²) in [5.74, 6) is 0. The molecule has 0 bridgehead atoms. The van der Waals surface area contributed by atoms with Gasteiger partial charge in [-0.2, -0.15) is 0 Å². The molecule has 2 rings (SSSR count). The number of piperidine rings is 1. The molecule has 0 aliphatic carbocycles. The summed E-state index contributed by atoms with van der Waals surface area (Å²) in [5, 5.41) is 4.16. The Morgan fingerprint density at radius 2 is 2.05 bits per heavy atom. The molecule has 1 aliphatic rings. The molecule has 0 saturated carbocycles. The summed E-state index contributed by atoms with van der Waals surface area (Å²) in [6.45, 7) is 4.39. The van der Waals surface area contributed by atoms with Crippen molar-refractivity contribution in [2.24, 2.45) is 0 Å². The molecule has 4 nitrogen and oxygen atoms in total. The Bertz CT molecular complexity index is 434. The largest absolute Gasteiger partial charge is 0.383 e. The predicted molar refractivity (Wildman–Crippen MR) is 87.3 cm³/mol. The van der Waals surface area contributed by atoms with E-state index >= 15 is 0 Å². The van der Waals surface area contributed by atoms with Crippen LogP contribution < -0.4 is 10.2 Å². The van der Waals surface area contributed by atoms with Crippen molar-refractivity contribution in [1.29, 1.82) is 0 Å². The van der Waals surface area contributed by atoms with Gasteiger partial charge in [0, 0.05) is 40.4 Å². The lowest BCUT2D eigenvalue weighted by Gasteiger charge is -2.33. The highest BCUT2D eigenvalue weighted by Crippen LogP contribution is 2.29. The van der Waals surface area contributed by atoms with E-state index in [1.54, 1.807) is 14.2 Å². The van der Waals surface area contributed by atoms with E-state index in [0.29, 0.717) is 6.10 Å². The van der Waals surface area contributed by atoms with E-state index in [9.17, 15) is 0 Å². The highest BCUT2D eigenvalue weighted by Gasteiger charge is 2.20. The quantitative estimate of drug-likeness (QED) is 0.785. The molecule has 1 heterocycles. The maximum atomic E-state index is 6.45. The maximum Gasteiger partial charge on any atom is 0.0642 e. The van der Waals surface area contributed by atoms with Gasteiger partial charge in [0.1, 0.15) is 0 Å². The molecular formula is C16H25ClN2O2. The Balaban J connectivity index is 1.90. The van der Waals surface area contributed by atoms with E-state index in [1.165, 1.54) is 5.56 Å². The van der Waals surface area contributed by atoms with Crippen LogP contribution in [-0.4, -0.2) is 46.6 Å². The normalized spacial score (nSPS) is 16.4. The van der Waals surface area contributed by atoms with E-state index in [0.717, 1.165) is 56.3 Å². The first kappa shape index (κ1) is 16.6. The van der Waals surface area contributed by atoms with Crippen LogP contribution in [0.5, 0.6) is 0 Å². The molecule has 1 aromatic carbocycles. The van der Waals surface area contributed by atoms with Gasteiger partial charge in [0.15, 0.2) is 0 Å². The lowest BCUT2D eigenvalue weighted by atomic mass is 10.1. The zero-order chi connectivity index (χ0) is 15.1. The second-order valence-corrected chi connectivity index (χ2v) is 5.78. The first-order valence-corrected chi connectivity index (χ1v) is 7.88. The van der Waals surface area contributed by atoms with Crippen molar-refractivity contribution in [1.82, 2.24) is 5.32 Å². The maximum absolute atomic E-state index is 6.45. The number of methoxy groups -OCH3 is 2. The van der Waals surface area contributed by atoms with Gasteiger partial charge in [-0.15, -0.1) is 0 Å². The fraction of sp³-hybridized carbons (Fsp3) is 0.625. The standard InChI is InChI=1S/C16H25ClN2O2/c1-20-10-7-18-12-13-3-4-16(15(17)11-13)19-8-5-14(21-2)6-9-19/h3-4,11,14,18H,5-10,12H2,1-2H3. The monoisotopic (exact) mass is 312 g/mol. The van der Waals surface area contributed by atoms with Gasteiger partial charge >= 0.3 is 0 Å². The Morgan fingerprint density at radius 3 is 2.67 bits per heavy atom. The summed E-state index contributed by atoms with van der Waals surface area (Å²) in [6.07, 6.45) is 2.52. The molecule has 1 aliphatic heterocycles. The number of anilines is 1. The van der Waals surface area contributed by atoms with Crippen LogP contribution in [0.15, 0.2) is 18.2 Å². The highest BCUT2D eigenvalue weighted by atomic mass is 35.5. The Kier molecular flexibility index (Phi) is 6.77. The van der Waals surface area contributed by atoms with Crippen molar-refractivity contribution in [3.63, 3.8) is 0 Å². The number of hydrogen-bond donors (Lipinski definition) is 1. The molecule has 1 fully saturated rings. The van der Waals surface area contributed by atoms with E-state index in [2.05, 4.69) is 28.4 Å². The number of benzene rings is 1. The van der Waals surface area contributed by atoms with Gasteiger partial charge in [-0.25, -0.2) is 0 Å². The topological polar surface area (TPSA) is 33.7 Å². The van der Waals surface area contributed by atoms with E-state index < -0.39 is 0 Å². The van der Waals surface area contributed by atoms with Gasteiger partial charge in [0.05, 0.1) is 23.4 Å². The third kappa shape index (κ3) is 4.85. The molecule has 21 heavy (non-hydrogen) atoms. The van der Waals surface area contributed by atoms with Crippen LogP contribution in [-0.2, 0) is 16.0 Å². The van der Waals surface area contributed by atoms with Crippen molar-refractivity contribution in [2.45, 2.75) is 25.5 Å². The fourth-order valence-electron chi connectivity index (χ4n) is 2.66. The average Bonchev–Trinajstić information content (AvgIpc) is 2.52. The van der Waals surface area contributed by atoms with E-state index in [4.69, 9.17) is 21.1 Å². The Hall–Kier alpha value is -0.810. The summed E-state index contributed by atoms with van der Waals surface area (Å²) in [5.41, 5.74) is 2.33. The van der Waals surface area contributed by atoms with Gasteiger partial charge in [0.25, 0.3) is 0 Å². The first-order chi connectivity index (χ1) is 10.2. The lowest BCUT2D eigenvalue weighted by Crippen LogP contribution is -2.36. The van der Waals surface area contributed by atoms with Crippen molar-refractivity contribution < 1.29 is 9.47 Å². The third-order valence-electron chi connectivity index (χ3n) is 3.94. The van der Waals surface area contributed by atoms with Gasteiger partial charge in [-0.05, 0) is 30.5 Å². The van der Waals surface area contributed by atoms with Crippen LogP contribution in [0.25, 0.3) is 0 Å². The Labute approximate surface area is 132 Å². The minimum absolute atomic E-state index is 0.393. The zero-order valence-electron chi connectivity index (χ0n) is 12.9. The number of nitrogens with zero attached hydrogens (tertiary/aromatic N) is 1. The number of rotatable bonds is 7. The lowest BCUT2D eigenvalue weighted by molar-refractivity contribution is 0.0819. The fourth-order valence-corrected chi connectivity index (χ4v) is 2.98. The summed E-state index contributed by atoms with van der Waals surface area (Å²) in [6, 6.07) is 6.32. The van der Waals surface area contributed by atoms with Crippen molar-refractivity contribution in [3.8, 4) is 0 Å². The van der Waals surface area contributed by atoms with Crippen molar-refractivity contribution in [2.75, 3.05) is 45.4 Å². The van der Waals surface area contributed by atoms with E-state index in [-0.39, 0.29) is 0 Å². The first-order valence-electron chi connectivity index (χ1n) is 7.50. The number of ether oxygens (including phenoxy) is 2. The smallest absolute Gasteiger partial charge is 0.0642 e. The molecule has 0 spiro atoms. The van der Waals surface area contributed by atoms with Crippen LogP contribution >= 0.6 is 11.6 Å². The molecule has 0 amide bonds. The number of hydrogen-bond acceptors (Lipinski definition) is 4. The molecule has 1 saturated heterocycles. The number of halogens is 1. The van der Waals surface area contributed by atoms with Crippen LogP contribution in [0, 0.1) is 0 Å². The van der Waals surface area contributed by atoms with Crippen LogP contribution in [0.1, 0.15) is 18.4 Å². The molecule has 5 heteroatoms. The third-order valence-corrected chi connectivity index (χ3v) is 4.24. The predicted octanol–water partition coefficient (Wildman–Crippen LogP) is 2.69. The molecule has 118 valence electrons. The molecule has 0 unspecified atom stereocenters. The van der Waals surface area contributed by atoms with Gasteiger partial charge < -0.3 is 19.7 Å². The minimum Gasteiger partial charge on any atom is -0.383 e. The number of nitrogens with one attached hydrogen (secondary N) is 1. The van der Waals surface area contributed by atoms with Crippen molar-refractivity contribution >= 4 is 17.3 Å². The van der Waals surface area contributed by atoms with E-state index in [1.807, 2.05) is 0 Å². The average molecular weight is 313 g/mol. The zero-order valence-corrected chi connectivity index (χ0v) is 13.7. The van der Waals surface area contributed by atoms with Gasteiger partial charge in [-0.1, -0.05) is 17.7 Å². The molecular weight excluding hydrogens is 288 g/mol. The SMILES string of the molecule is COCCNCc1ccc(N2CCC(OC)CC2)c(Cl)c1. The summed E-state index contributed by atoms with van der Waals surface area (Å²) < 4.78 is 10.4. The molecule has 0 atom stereocenters. The molecule has 0 aromatic heterocycles. The van der Waals surface area contributed by atoms with Gasteiger partial charge in [-0.3, -0.25) is 0 Å². The minimum atomic E-state index is 0.393. The molecule has 1 N–H and O–H groups in total. The summed E-state index contributed by atoms with van der Waals surface area (Å²) in [7, 11) is 3.50. The second kappa shape index (κ2) is 8.59. The second-order valence-electron chi connectivity index (χ2n) is 5.38. The summed E-state index contributed by atoms with van der Waals surface area (Å²) in [4.78, 5) is 2.35. The molecule has 0 radical (unpaired) electrons.